The number of thioether (sulfide) groups is 1. The van der Waals surface area contributed by atoms with E-state index >= 15 is 0 Å². The van der Waals surface area contributed by atoms with Crippen molar-refractivity contribution >= 4 is 37.5 Å². The van der Waals surface area contributed by atoms with Gasteiger partial charge in [0.25, 0.3) is 0 Å². The largest absolute Gasteiger partial charge is 0.318 e. The standard InChI is InChI=1S/C14H15N4PS/c1-8-6-9(19)4-5-10(8)12-16-13-11(14(17-12)20-3)15-7-18(13)2/h4-7H,19H2,1-3H3. The van der Waals surface area contributed by atoms with Crippen molar-refractivity contribution in [2.24, 2.45) is 7.05 Å². The van der Waals surface area contributed by atoms with Gasteiger partial charge < -0.3 is 4.57 Å². The summed E-state index contributed by atoms with van der Waals surface area (Å²) in [5.41, 5.74) is 3.97. The van der Waals surface area contributed by atoms with Crippen molar-refractivity contribution < 1.29 is 0 Å². The number of imidazole rings is 1. The van der Waals surface area contributed by atoms with Crippen molar-refractivity contribution in [1.82, 2.24) is 19.5 Å². The second-order valence-electron chi connectivity index (χ2n) is 4.66. The molecule has 102 valence electrons. The molecule has 0 aliphatic heterocycles. The predicted molar refractivity (Wildman–Crippen MR) is 87.6 cm³/mol. The van der Waals surface area contributed by atoms with Crippen LogP contribution in [0.3, 0.4) is 0 Å². The summed E-state index contributed by atoms with van der Waals surface area (Å²) in [6, 6.07) is 6.25. The summed E-state index contributed by atoms with van der Waals surface area (Å²) in [6.07, 6.45) is 3.79. The van der Waals surface area contributed by atoms with E-state index in [1.165, 1.54) is 5.56 Å². The molecular weight excluding hydrogens is 287 g/mol. The van der Waals surface area contributed by atoms with Gasteiger partial charge in [-0.1, -0.05) is 18.2 Å². The van der Waals surface area contributed by atoms with E-state index < -0.39 is 0 Å². The third kappa shape index (κ3) is 2.21. The maximum absolute atomic E-state index is 4.67. The maximum Gasteiger partial charge on any atom is 0.164 e. The number of nitrogens with zero attached hydrogens (tertiary/aromatic N) is 4. The van der Waals surface area contributed by atoms with Gasteiger partial charge in [0, 0.05) is 12.6 Å². The Bertz CT molecular complexity index is 797. The normalized spacial score (nSPS) is 11.2. The minimum atomic E-state index is 0.757. The van der Waals surface area contributed by atoms with Gasteiger partial charge in [-0.05, 0) is 24.0 Å². The van der Waals surface area contributed by atoms with Crippen molar-refractivity contribution in [3.8, 4) is 11.4 Å². The molecule has 2 aromatic heterocycles. The molecule has 2 heterocycles. The number of hydrogen-bond donors (Lipinski definition) is 0. The molecule has 6 heteroatoms. The Hall–Kier alpha value is -1.45. The monoisotopic (exact) mass is 302 g/mol. The molecule has 1 unspecified atom stereocenters. The van der Waals surface area contributed by atoms with Crippen molar-refractivity contribution in [3.05, 3.63) is 30.1 Å². The Morgan fingerprint density at radius 1 is 1.25 bits per heavy atom. The van der Waals surface area contributed by atoms with Gasteiger partial charge in [-0.25, -0.2) is 15.0 Å². The lowest BCUT2D eigenvalue weighted by molar-refractivity contribution is 0.927. The highest BCUT2D eigenvalue weighted by atomic mass is 32.2. The fourth-order valence-electron chi connectivity index (χ4n) is 2.18. The first-order chi connectivity index (χ1) is 9.60. The first kappa shape index (κ1) is 13.5. The number of aromatic nitrogens is 4. The highest BCUT2D eigenvalue weighted by molar-refractivity contribution is 7.98. The highest BCUT2D eigenvalue weighted by Gasteiger charge is 2.13. The van der Waals surface area contributed by atoms with E-state index in [9.17, 15) is 0 Å². The molecule has 0 spiro atoms. The molecule has 0 bridgehead atoms. The van der Waals surface area contributed by atoms with E-state index in [2.05, 4.69) is 49.3 Å². The summed E-state index contributed by atoms with van der Waals surface area (Å²) < 4.78 is 1.93. The first-order valence-corrected chi connectivity index (χ1v) is 8.00. The fraction of sp³-hybridized carbons (Fsp3) is 0.214. The van der Waals surface area contributed by atoms with Gasteiger partial charge in [0.15, 0.2) is 11.5 Å². The van der Waals surface area contributed by atoms with Crippen molar-refractivity contribution in [3.63, 3.8) is 0 Å². The molecule has 3 rings (SSSR count). The van der Waals surface area contributed by atoms with Gasteiger partial charge >= 0.3 is 0 Å². The lowest BCUT2D eigenvalue weighted by Crippen LogP contribution is -1.99. The molecule has 0 saturated heterocycles. The van der Waals surface area contributed by atoms with Crippen LogP contribution in [-0.2, 0) is 7.05 Å². The van der Waals surface area contributed by atoms with Crippen molar-refractivity contribution in [2.75, 3.05) is 6.26 Å². The minimum Gasteiger partial charge on any atom is -0.318 e. The molecule has 0 saturated carbocycles. The summed E-state index contributed by atoms with van der Waals surface area (Å²) in [5.74, 6) is 0.757. The number of fused-ring (bicyclic) bond motifs is 1. The Morgan fingerprint density at radius 2 is 2.05 bits per heavy atom. The van der Waals surface area contributed by atoms with Crippen LogP contribution in [0.1, 0.15) is 5.56 Å². The summed E-state index contributed by atoms with van der Waals surface area (Å²) in [4.78, 5) is 13.7. The SMILES string of the molecule is CSc1nc(-c2ccc(P)cc2C)nc2c1ncn2C. The van der Waals surface area contributed by atoms with E-state index in [1.54, 1.807) is 18.1 Å². The van der Waals surface area contributed by atoms with E-state index in [0.717, 1.165) is 32.9 Å². The summed E-state index contributed by atoms with van der Waals surface area (Å²) in [6.45, 7) is 2.08. The summed E-state index contributed by atoms with van der Waals surface area (Å²) in [7, 11) is 4.66. The second-order valence-corrected chi connectivity index (χ2v) is 6.12. The van der Waals surface area contributed by atoms with Crippen LogP contribution in [-0.4, -0.2) is 25.8 Å². The molecule has 0 radical (unpaired) electrons. The van der Waals surface area contributed by atoms with Crippen LogP contribution in [0.5, 0.6) is 0 Å². The number of benzene rings is 1. The van der Waals surface area contributed by atoms with Gasteiger partial charge in [0.05, 0.1) is 6.33 Å². The molecule has 1 atom stereocenters. The Balaban J connectivity index is 2.28. The average molecular weight is 302 g/mol. The maximum atomic E-state index is 4.67. The van der Waals surface area contributed by atoms with Gasteiger partial charge in [0.1, 0.15) is 10.5 Å². The molecule has 20 heavy (non-hydrogen) atoms. The smallest absolute Gasteiger partial charge is 0.164 e. The number of rotatable bonds is 2. The molecule has 0 aliphatic rings. The number of hydrogen-bond acceptors (Lipinski definition) is 4. The summed E-state index contributed by atoms with van der Waals surface area (Å²) >= 11 is 1.60. The fourth-order valence-corrected chi connectivity index (χ4v) is 3.04. The van der Waals surface area contributed by atoms with Crippen LogP contribution in [0.2, 0.25) is 0 Å². The Morgan fingerprint density at radius 3 is 2.75 bits per heavy atom. The zero-order valence-electron chi connectivity index (χ0n) is 11.6. The van der Waals surface area contributed by atoms with Gasteiger partial charge in [0.2, 0.25) is 0 Å². The predicted octanol–water partition coefficient (Wildman–Crippen LogP) is 2.56. The number of aryl methyl sites for hydroxylation is 2. The Labute approximate surface area is 124 Å². The topological polar surface area (TPSA) is 43.6 Å². The van der Waals surface area contributed by atoms with Crippen molar-refractivity contribution in [1.29, 1.82) is 0 Å². The third-order valence-corrected chi connectivity index (χ3v) is 4.24. The average Bonchev–Trinajstić information content (AvgIpc) is 2.80. The highest BCUT2D eigenvalue weighted by Crippen LogP contribution is 2.27. The molecule has 0 amide bonds. The molecular formula is C14H15N4PS. The van der Waals surface area contributed by atoms with Crippen LogP contribution in [0.25, 0.3) is 22.6 Å². The zero-order chi connectivity index (χ0) is 14.3. The van der Waals surface area contributed by atoms with E-state index in [-0.39, 0.29) is 0 Å². The van der Waals surface area contributed by atoms with Crippen LogP contribution in [0.15, 0.2) is 29.6 Å². The molecule has 4 nitrogen and oxygen atoms in total. The molecule has 1 aromatic carbocycles. The van der Waals surface area contributed by atoms with Crippen LogP contribution >= 0.6 is 21.0 Å². The molecule has 3 aromatic rings. The molecule has 0 aliphatic carbocycles. The Kier molecular flexibility index (Phi) is 3.48. The quantitative estimate of drug-likeness (QED) is 0.414. The zero-order valence-corrected chi connectivity index (χ0v) is 13.6. The lowest BCUT2D eigenvalue weighted by Gasteiger charge is -2.08. The summed E-state index contributed by atoms with van der Waals surface area (Å²) in [5, 5.41) is 2.08. The first-order valence-electron chi connectivity index (χ1n) is 6.19. The van der Waals surface area contributed by atoms with E-state index in [4.69, 9.17) is 0 Å². The second kappa shape index (κ2) is 5.15. The minimum absolute atomic E-state index is 0.757. The van der Waals surface area contributed by atoms with Crippen LogP contribution < -0.4 is 5.30 Å². The van der Waals surface area contributed by atoms with Crippen LogP contribution in [0, 0.1) is 6.92 Å². The van der Waals surface area contributed by atoms with Gasteiger partial charge in [-0.2, -0.15) is 0 Å². The lowest BCUT2D eigenvalue weighted by atomic mass is 10.1. The third-order valence-electron chi connectivity index (χ3n) is 3.21. The molecule has 0 fully saturated rings. The van der Waals surface area contributed by atoms with Gasteiger partial charge in [-0.3, -0.25) is 0 Å². The van der Waals surface area contributed by atoms with Gasteiger partial charge in [-0.15, -0.1) is 21.0 Å². The van der Waals surface area contributed by atoms with E-state index in [1.807, 2.05) is 17.9 Å². The van der Waals surface area contributed by atoms with Crippen LogP contribution in [0.4, 0.5) is 0 Å². The molecule has 0 N–H and O–H groups in total. The van der Waals surface area contributed by atoms with E-state index in [0.29, 0.717) is 0 Å². The van der Waals surface area contributed by atoms with Crippen molar-refractivity contribution in [2.45, 2.75) is 11.9 Å².